The second kappa shape index (κ2) is 6.97. The SMILES string of the molecule is Cc1onc([C@H]2CC[C@H](c3nnc4n3-c3ccc(Cl)cc3CNC4)CC2)c1F. The molecule has 146 valence electrons. The van der Waals surface area contributed by atoms with Crippen LogP contribution in [0.1, 0.15) is 66.2 Å². The second-order valence-electron chi connectivity index (χ2n) is 7.67. The van der Waals surface area contributed by atoms with Crippen LogP contribution in [0, 0.1) is 12.7 Å². The fourth-order valence-electron chi connectivity index (χ4n) is 4.45. The molecule has 0 radical (unpaired) electrons. The highest BCUT2D eigenvalue weighted by atomic mass is 35.5. The molecule has 1 N–H and O–H groups in total. The molecule has 1 aliphatic carbocycles. The summed E-state index contributed by atoms with van der Waals surface area (Å²) >= 11 is 6.20. The highest BCUT2D eigenvalue weighted by molar-refractivity contribution is 6.30. The molecular weight excluding hydrogens is 381 g/mol. The van der Waals surface area contributed by atoms with E-state index in [9.17, 15) is 4.39 Å². The van der Waals surface area contributed by atoms with Crippen LogP contribution in [0.3, 0.4) is 0 Å². The van der Waals surface area contributed by atoms with Crippen molar-refractivity contribution >= 4 is 11.6 Å². The molecule has 0 bridgehead atoms. The van der Waals surface area contributed by atoms with Crippen molar-refractivity contribution in [3.05, 3.63) is 57.7 Å². The summed E-state index contributed by atoms with van der Waals surface area (Å²) in [6, 6.07) is 5.95. The largest absolute Gasteiger partial charge is 0.358 e. The van der Waals surface area contributed by atoms with Gasteiger partial charge < -0.3 is 9.84 Å². The second-order valence-corrected chi connectivity index (χ2v) is 8.11. The standard InChI is InChI=1S/C20H21ClFN5O/c1-11-18(22)19(26-28-11)12-2-4-13(5-3-12)20-25-24-17-10-23-9-14-8-15(21)6-7-16(14)27(17)20/h6-8,12-13,23H,2-5,9-10H2,1H3/t12-,13-. The average molecular weight is 402 g/mol. The van der Waals surface area contributed by atoms with Gasteiger partial charge in [0.25, 0.3) is 0 Å². The van der Waals surface area contributed by atoms with Crippen LogP contribution >= 0.6 is 11.6 Å². The van der Waals surface area contributed by atoms with E-state index in [0.717, 1.165) is 60.2 Å². The van der Waals surface area contributed by atoms with Crippen LogP contribution in [0.5, 0.6) is 0 Å². The van der Waals surface area contributed by atoms with Gasteiger partial charge in [0.2, 0.25) is 0 Å². The Morgan fingerprint density at radius 3 is 2.68 bits per heavy atom. The fraction of sp³-hybridized carbons (Fsp3) is 0.450. The molecule has 3 heterocycles. The van der Waals surface area contributed by atoms with Crippen molar-refractivity contribution in [2.24, 2.45) is 0 Å². The fourth-order valence-corrected chi connectivity index (χ4v) is 4.65. The maximum absolute atomic E-state index is 14.2. The first-order valence-corrected chi connectivity index (χ1v) is 10.0. The molecule has 1 saturated carbocycles. The third kappa shape index (κ3) is 2.93. The zero-order valence-electron chi connectivity index (χ0n) is 15.6. The maximum atomic E-state index is 14.2. The first-order valence-electron chi connectivity index (χ1n) is 9.67. The molecule has 2 aliphatic rings. The summed E-state index contributed by atoms with van der Waals surface area (Å²) in [6.45, 7) is 3.02. The van der Waals surface area contributed by atoms with E-state index in [2.05, 4.69) is 25.2 Å². The molecule has 0 spiro atoms. The van der Waals surface area contributed by atoms with E-state index in [1.165, 1.54) is 0 Å². The predicted octanol–water partition coefficient (Wildman–Crippen LogP) is 4.40. The van der Waals surface area contributed by atoms with Gasteiger partial charge >= 0.3 is 0 Å². The number of hydrogen-bond donors (Lipinski definition) is 1. The van der Waals surface area contributed by atoms with Crippen molar-refractivity contribution in [3.63, 3.8) is 0 Å². The van der Waals surface area contributed by atoms with Gasteiger partial charge in [-0.05, 0) is 56.4 Å². The van der Waals surface area contributed by atoms with Crippen molar-refractivity contribution in [1.82, 2.24) is 25.2 Å². The molecule has 1 fully saturated rings. The molecule has 3 aromatic rings. The number of rotatable bonds is 2. The van der Waals surface area contributed by atoms with E-state index >= 15 is 0 Å². The minimum Gasteiger partial charge on any atom is -0.358 e. The van der Waals surface area contributed by atoms with Crippen molar-refractivity contribution in [3.8, 4) is 5.69 Å². The van der Waals surface area contributed by atoms with Gasteiger partial charge in [0.1, 0.15) is 11.5 Å². The molecule has 5 rings (SSSR count). The summed E-state index contributed by atoms with van der Waals surface area (Å²) in [5.74, 6) is 2.26. The molecule has 0 saturated heterocycles. The Hall–Kier alpha value is -2.25. The number of halogens is 2. The van der Waals surface area contributed by atoms with Crippen LogP contribution in [0.25, 0.3) is 5.69 Å². The maximum Gasteiger partial charge on any atom is 0.188 e. The summed E-state index contributed by atoms with van der Waals surface area (Å²) in [4.78, 5) is 0. The number of fused-ring (bicyclic) bond motifs is 3. The van der Waals surface area contributed by atoms with E-state index in [1.54, 1.807) is 6.92 Å². The molecule has 1 aromatic carbocycles. The Labute approximate surface area is 167 Å². The minimum absolute atomic E-state index is 0.105. The van der Waals surface area contributed by atoms with Gasteiger partial charge in [-0.1, -0.05) is 16.8 Å². The number of aryl methyl sites for hydroxylation is 1. The topological polar surface area (TPSA) is 68.8 Å². The molecular formula is C20H21ClFN5O. The molecule has 28 heavy (non-hydrogen) atoms. The lowest BCUT2D eigenvalue weighted by Crippen LogP contribution is -2.17. The van der Waals surface area contributed by atoms with Gasteiger partial charge in [-0.15, -0.1) is 10.2 Å². The molecule has 6 nitrogen and oxygen atoms in total. The highest BCUT2D eigenvalue weighted by Gasteiger charge is 2.32. The lowest BCUT2D eigenvalue weighted by molar-refractivity contribution is 0.347. The van der Waals surface area contributed by atoms with Gasteiger partial charge in [0, 0.05) is 23.4 Å². The van der Waals surface area contributed by atoms with E-state index in [-0.39, 0.29) is 23.4 Å². The Balaban J connectivity index is 1.43. The van der Waals surface area contributed by atoms with Crippen LogP contribution in [0.15, 0.2) is 22.7 Å². The normalized spacial score (nSPS) is 21.8. The number of nitrogens with one attached hydrogen (secondary N) is 1. The van der Waals surface area contributed by atoms with Crippen LogP contribution in [0.2, 0.25) is 5.02 Å². The Morgan fingerprint density at radius 1 is 1.14 bits per heavy atom. The summed E-state index contributed by atoms with van der Waals surface area (Å²) < 4.78 is 21.4. The Kier molecular flexibility index (Phi) is 4.44. The van der Waals surface area contributed by atoms with E-state index in [1.807, 2.05) is 18.2 Å². The number of nitrogens with zero attached hydrogens (tertiary/aromatic N) is 4. The van der Waals surface area contributed by atoms with E-state index in [0.29, 0.717) is 12.2 Å². The Morgan fingerprint density at radius 2 is 1.93 bits per heavy atom. The minimum atomic E-state index is -0.295. The number of aromatic nitrogens is 4. The van der Waals surface area contributed by atoms with Crippen LogP contribution in [-0.4, -0.2) is 19.9 Å². The first kappa shape index (κ1) is 17.8. The zero-order chi connectivity index (χ0) is 19.3. The number of hydrogen-bond acceptors (Lipinski definition) is 5. The van der Waals surface area contributed by atoms with Crippen LogP contribution in [-0.2, 0) is 13.1 Å². The molecule has 8 heteroatoms. The molecule has 0 atom stereocenters. The van der Waals surface area contributed by atoms with Crippen molar-refractivity contribution in [1.29, 1.82) is 0 Å². The van der Waals surface area contributed by atoms with Crippen LogP contribution in [0.4, 0.5) is 4.39 Å². The van der Waals surface area contributed by atoms with Crippen LogP contribution < -0.4 is 5.32 Å². The van der Waals surface area contributed by atoms with E-state index in [4.69, 9.17) is 16.1 Å². The third-order valence-electron chi connectivity index (χ3n) is 5.93. The number of benzene rings is 1. The molecule has 0 amide bonds. The quantitative estimate of drug-likeness (QED) is 0.689. The third-order valence-corrected chi connectivity index (χ3v) is 6.17. The lowest BCUT2D eigenvalue weighted by atomic mass is 9.80. The summed E-state index contributed by atoms with van der Waals surface area (Å²) in [5, 5.41) is 17.0. The first-order chi connectivity index (χ1) is 13.6. The molecule has 0 unspecified atom stereocenters. The zero-order valence-corrected chi connectivity index (χ0v) is 16.3. The monoisotopic (exact) mass is 401 g/mol. The summed E-state index contributed by atoms with van der Waals surface area (Å²) in [6.07, 6.45) is 3.57. The van der Waals surface area contributed by atoms with Crippen molar-refractivity contribution < 1.29 is 8.91 Å². The average Bonchev–Trinajstić information content (AvgIpc) is 3.21. The summed E-state index contributed by atoms with van der Waals surface area (Å²) in [7, 11) is 0. The van der Waals surface area contributed by atoms with Gasteiger partial charge in [0.05, 0.1) is 12.2 Å². The predicted molar refractivity (Wildman–Crippen MR) is 102 cm³/mol. The van der Waals surface area contributed by atoms with Crippen molar-refractivity contribution in [2.45, 2.75) is 57.5 Å². The van der Waals surface area contributed by atoms with Gasteiger partial charge in [-0.2, -0.15) is 0 Å². The summed E-state index contributed by atoms with van der Waals surface area (Å²) in [5.41, 5.74) is 2.70. The molecule has 1 aliphatic heterocycles. The van der Waals surface area contributed by atoms with E-state index < -0.39 is 0 Å². The smallest absolute Gasteiger partial charge is 0.188 e. The molecule has 2 aromatic heterocycles. The van der Waals surface area contributed by atoms with Gasteiger partial charge in [-0.3, -0.25) is 4.57 Å². The Bertz CT molecular complexity index is 1020. The lowest BCUT2D eigenvalue weighted by Gasteiger charge is -2.27. The highest BCUT2D eigenvalue weighted by Crippen LogP contribution is 2.41. The van der Waals surface area contributed by atoms with Gasteiger partial charge in [0.15, 0.2) is 17.4 Å². The van der Waals surface area contributed by atoms with Crippen molar-refractivity contribution in [2.75, 3.05) is 0 Å². The van der Waals surface area contributed by atoms with Gasteiger partial charge in [-0.25, -0.2) is 4.39 Å².